The Morgan fingerprint density at radius 1 is 0.975 bits per heavy atom. The quantitative estimate of drug-likeness (QED) is 0.224. The fourth-order valence-electron chi connectivity index (χ4n) is 3.82. The smallest absolute Gasteiger partial charge is 0.269 e. The molecule has 0 heterocycles. The van der Waals surface area contributed by atoms with E-state index in [1.807, 2.05) is 26.0 Å². The van der Waals surface area contributed by atoms with Gasteiger partial charge in [-0.3, -0.25) is 24.0 Å². The molecular weight excluding hydrogens is 600 g/mol. The molecule has 2 amide bonds. The van der Waals surface area contributed by atoms with E-state index in [-0.39, 0.29) is 34.8 Å². The SMILES string of the molecule is CC[C@@H](C)NC(=O)[C@@H](C)N(Cc1ccc(Br)cc1)C(=O)CN(c1ccc([N+](=O)[O-])cc1)S(=O)(=O)c1ccccc1. The van der Waals surface area contributed by atoms with E-state index in [0.29, 0.717) is 6.42 Å². The van der Waals surface area contributed by atoms with E-state index in [0.717, 1.165) is 14.3 Å². The van der Waals surface area contributed by atoms with Gasteiger partial charge in [0.25, 0.3) is 15.7 Å². The summed E-state index contributed by atoms with van der Waals surface area (Å²) in [5, 5.41) is 14.1. The van der Waals surface area contributed by atoms with Crippen molar-refractivity contribution < 1.29 is 22.9 Å². The molecule has 0 aliphatic heterocycles. The molecule has 3 aromatic rings. The third kappa shape index (κ3) is 7.66. The molecule has 0 spiro atoms. The van der Waals surface area contributed by atoms with Gasteiger partial charge in [0, 0.05) is 29.2 Å². The fraction of sp³-hybridized carbons (Fsp3) is 0.286. The molecule has 0 unspecified atom stereocenters. The van der Waals surface area contributed by atoms with E-state index in [2.05, 4.69) is 21.2 Å². The first-order chi connectivity index (χ1) is 18.9. The standard InChI is InChI=1S/C28H31BrN4O6S/c1-4-20(2)30-28(35)21(3)31(18-22-10-12-23(29)13-11-22)27(34)19-32(24-14-16-25(17-15-24)33(36)37)40(38,39)26-8-6-5-7-9-26/h5-17,20-21H,4,18-19H2,1-3H3,(H,30,35)/t20-,21-/m1/s1. The van der Waals surface area contributed by atoms with E-state index in [1.54, 1.807) is 37.3 Å². The summed E-state index contributed by atoms with van der Waals surface area (Å²) in [5.74, 6) is -0.986. The number of rotatable bonds is 12. The van der Waals surface area contributed by atoms with Crippen LogP contribution in [0.3, 0.4) is 0 Å². The van der Waals surface area contributed by atoms with Gasteiger partial charge in [-0.05, 0) is 62.2 Å². The molecular formula is C28H31BrN4O6S. The lowest BCUT2D eigenvalue weighted by atomic mass is 10.1. The highest BCUT2D eigenvalue weighted by atomic mass is 79.9. The van der Waals surface area contributed by atoms with E-state index in [9.17, 15) is 28.1 Å². The molecule has 0 saturated heterocycles. The molecule has 0 saturated carbocycles. The number of nitrogens with zero attached hydrogens (tertiary/aromatic N) is 3. The van der Waals surface area contributed by atoms with Gasteiger partial charge in [0.2, 0.25) is 11.8 Å². The molecule has 0 aliphatic rings. The van der Waals surface area contributed by atoms with Crippen LogP contribution in [0.25, 0.3) is 0 Å². The third-order valence-electron chi connectivity index (χ3n) is 6.39. The van der Waals surface area contributed by atoms with Gasteiger partial charge in [0.05, 0.1) is 15.5 Å². The highest BCUT2D eigenvalue weighted by Crippen LogP contribution is 2.26. The number of hydrogen-bond donors (Lipinski definition) is 1. The van der Waals surface area contributed by atoms with Crippen molar-refractivity contribution in [1.82, 2.24) is 10.2 Å². The summed E-state index contributed by atoms with van der Waals surface area (Å²) in [6.45, 7) is 4.80. The Hall–Kier alpha value is -3.77. The third-order valence-corrected chi connectivity index (χ3v) is 8.71. The van der Waals surface area contributed by atoms with Crippen molar-refractivity contribution in [3.63, 3.8) is 0 Å². The molecule has 0 aromatic heterocycles. The highest BCUT2D eigenvalue weighted by Gasteiger charge is 2.33. The van der Waals surface area contributed by atoms with Crippen molar-refractivity contribution in [2.75, 3.05) is 10.8 Å². The largest absolute Gasteiger partial charge is 0.352 e. The monoisotopic (exact) mass is 630 g/mol. The summed E-state index contributed by atoms with van der Waals surface area (Å²) in [4.78, 5) is 38.8. The molecule has 0 radical (unpaired) electrons. The van der Waals surface area contributed by atoms with Crippen LogP contribution in [0.5, 0.6) is 0 Å². The van der Waals surface area contributed by atoms with Gasteiger partial charge in [-0.1, -0.05) is 53.2 Å². The average Bonchev–Trinajstić information content (AvgIpc) is 2.95. The van der Waals surface area contributed by atoms with Crippen molar-refractivity contribution in [3.8, 4) is 0 Å². The number of nitrogens with one attached hydrogen (secondary N) is 1. The van der Waals surface area contributed by atoms with E-state index >= 15 is 0 Å². The fourth-order valence-corrected chi connectivity index (χ4v) is 5.52. The molecule has 3 aromatic carbocycles. The number of sulfonamides is 1. The Kier molecular flexibility index (Phi) is 10.4. The van der Waals surface area contributed by atoms with E-state index in [1.165, 1.54) is 41.3 Å². The Bertz CT molecular complexity index is 1430. The van der Waals surface area contributed by atoms with Crippen LogP contribution >= 0.6 is 15.9 Å². The summed E-state index contributed by atoms with van der Waals surface area (Å²) < 4.78 is 29.2. The van der Waals surface area contributed by atoms with Crippen LogP contribution in [0.4, 0.5) is 11.4 Å². The molecule has 212 valence electrons. The topological polar surface area (TPSA) is 130 Å². The summed E-state index contributed by atoms with van der Waals surface area (Å²) in [7, 11) is -4.25. The first-order valence-electron chi connectivity index (χ1n) is 12.6. The molecule has 12 heteroatoms. The van der Waals surface area contributed by atoms with Crippen molar-refractivity contribution >= 4 is 49.1 Å². The number of carbonyl (C=O) groups is 2. The number of halogens is 1. The van der Waals surface area contributed by atoms with E-state index in [4.69, 9.17) is 0 Å². The second-order valence-electron chi connectivity index (χ2n) is 9.24. The van der Waals surface area contributed by atoms with Crippen molar-refractivity contribution in [2.24, 2.45) is 0 Å². The number of non-ortho nitro benzene ring substituents is 1. The van der Waals surface area contributed by atoms with Gasteiger partial charge in [0.15, 0.2) is 0 Å². The predicted molar refractivity (Wildman–Crippen MR) is 156 cm³/mol. The highest BCUT2D eigenvalue weighted by molar-refractivity contribution is 9.10. The number of amides is 2. The molecule has 0 bridgehead atoms. The lowest BCUT2D eigenvalue weighted by Gasteiger charge is -2.32. The van der Waals surface area contributed by atoms with Gasteiger partial charge in [-0.15, -0.1) is 0 Å². The van der Waals surface area contributed by atoms with Crippen molar-refractivity contribution in [3.05, 3.63) is 99.0 Å². The number of nitro groups is 1. The molecule has 2 atom stereocenters. The zero-order valence-corrected chi connectivity index (χ0v) is 24.8. The first kappa shape index (κ1) is 30.8. The second kappa shape index (κ2) is 13.5. The van der Waals surface area contributed by atoms with E-state index < -0.39 is 33.4 Å². The van der Waals surface area contributed by atoms with Gasteiger partial charge < -0.3 is 10.2 Å². The minimum Gasteiger partial charge on any atom is -0.352 e. The van der Waals surface area contributed by atoms with Crippen molar-refractivity contribution in [2.45, 2.75) is 50.7 Å². The zero-order chi connectivity index (χ0) is 29.4. The average molecular weight is 632 g/mol. The maximum atomic E-state index is 13.9. The molecule has 40 heavy (non-hydrogen) atoms. The molecule has 0 aliphatic carbocycles. The molecule has 10 nitrogen and oxygen atoms in total. The summed E-state index contributed by atoms with van der Waals surface area (Å²) in [5.41, 5.74) is 0.593. The van der Waals surface area contributed by atoms with Crippen LogP contribution in [-0.4, -0.2) is 48.7 Å². The number of benzene rings is 3. The van der Waals surface area contributed by atoms with Gasteiger partial charge in [-0.25, -0.2) is 8.42 Å². The van der Waals surface area contributed by atoms with Crippen LogP contribution in [-0.2, 0) is 26.2 Å². The minimum absolute atomic E-state index is 0.0526. The maximum absolute atomic E-state index is 13.9. The second-order valence-corrected chi connectivity index (χ2v) is 12.0. The lowest BCUT2D eigenvalue weighted by molar-refractivity contribution is -0.384. The van der Waals surface area contributed by atoms with Crippen LogP contribution in [0.2, 0.25) is 0 Å². The molecule has 0 fully saturated rings. The van der Waals surface area contributed by atoms with Crippen LogP contribution < -0.4 is 9.62 Å². The number of nitro benzene ring substituents is 1. The summed E-state index contributed by atoms with van der Waals surface area (Å²) >= 11 is 3.38. The lowest BCUT2D eigenvalue weighted by Crippen LogP contribution is -2.52. The van der Waals surface area contributed by atoms with Crippen LogP contribution in [0.1, 0.15) is 32.8 Å². The summed E-state index contributed by atoms with van der Waals surface area (Å²) in [6, 6.07) is 18.7. The normalized spacial score (nSPS) is 12.7. The molecule has 3 rings (SSSR count). The van der Waals surface area contributed by atoms with Gasteiger partial charge in [0.1, 0.15) is 12.6 Å². The Balaban J connectivity index is 2.02. The van der Waals surface area contributed by atoms with Crippen LogP contribution in [0, 0.1) is 10.1 Å². The first-order valence-corrected chi connectivity index (χ1v) is 14.8. The maximum Gasteiger partial charge on any atom is 0.269 e. The van der Waals surface area contributed by atoms with Gasteiger partial charge >= 0.3 is 0 Å². The van der Waals surface area contributed by atoms with Crippen LogP contribution in [0.15, 0.2) is 88.2 Å². The number of hydrogen-bond acceptors (Lipinski definition) is 6. The zero-order valence-electron chi connectivity index (χ0n) is 22.4. The Labute approximate surface area is 242 Å². The number of anilines is 1. The summed E-state index contributed by atoms with van der Waals surface area (Å²) in [6.07, 6.45) is 0.697. The Morgan fingerprint density at radius 3 is 2.12 bits per heavy atom. The van der Waals surface area contributed by atoms with Gasteiger partial charge in [-0.2, -0.15) is 0 Å². The van der Waals surface area contributed by atoms with Crippen molar-refractivity contribution in [1.29, 1.82) is 0 Å². The molecule has 1 N–H and O–H groups in total. The number of carbonyl (C=O) groups excluding carboxylic acids is 2. The minimum atomic E-state index is -4.25. The predicted octanol–water partition coefficient (Wildman–Crippen LogP) is 4.88. The Morgan fingerprint density at radius 2 is 1.57 bits per heavy atom.